The second-order valence-electron chi connectivity index (χ2n) is 8.07. The SMILES string of the molecule is c1ccc(COCC(COCc2ccccc2)COc2ccc(-c3ccccc3)cc2)cc1. The fraction of sp³-hybridized carbons (Fsp3) is 0.200. The van der Waals surface area contributed by atoms with Crippen LogP contribution in [0.3, 0.4) is 0 Å². The second-order valence-corrected chi connectivity index (χ2v) is 8.07. The Bertz CT molecular complexity index is 1000. The van der Waals surface area contributed by atoms with E-state index in [1.165, 1.54) is 22.3 Å². The summed E-state index contributed by atoms with van der Waals surface area (Å²) in [6.45, 7) is 2.86. The standard InChI is InChI=1S/C30H30O3/c1-4-10-25(11-5-1)20-31-22-27(23-32-21-26-12-6-2-7-13-26)24-33-30-18-16-29(17-19-30)28-14-8-3-9-15-28/h1-19,27H,20-24H2. The minimum absolute atomic E-state index is 0.131. The van der Waals surface area contributed by atoms with Gasteiger partial charge in [-0.3, -0.25) is 0 Å². The fourth-order valence-electron chi connectivity index (χ4n) is 3.57. The van der Waals surface area contributed by atoms with Crippen LogP contribution < -0.4 is 4.74 Å². The van der Waals surface area contributed by atoms with Gasteiger partial charge in [-0.25, -0.2) is 0 Å². The summed E-state index contributed by atoms with van der Waals surface area (Å²) in [4.78, 5) is 0. The van der Waals surface area contributed by atoms with Gasteiger partial charge < -0.3 is 14.2 Å². The molecule has 0 unspecified atom stereocenters. The number of rotatable bonds is 12. The molecule has 0 aliphatic heterocycles. The van der Waals surface area contributed by atoms with Crippen LogP contribution in [0, 0.1) is 5.92 Å². The summed E-state index contributed by atoms with van der Waals surface area (Å²) in [5.74, 6) is 0.983. The van der Waals surface area contributed by atoms with E-state index in [4.69, 9.17) is 14.2 Å². The van der Waals surface area contributed by atoms with Crippen molar-refractivity contribution in [2.24, 2.45) is 5.92 Å². The lowest BCUT2D eigenvalue weighted by Crippen LogP contribution is -2.23. The van der Waals surface area contributed by atoms with Gasteiger partial charge >= 0.3 is 0 Å². The molecular formula is C30H30O3. The summed E-state index contributed by atoms with van der Waals surface area (Å²) >= 11 is 0. The lowest BCUT2D eigenvalue weighted by atomic mass is 10.1. The maximum atomic E-state index is 6.10. The number of ether oxygens (including phenoxy) is 3. The molecule has 0 aliphatic carbocycles. The van der Waals surface area contributed by atoms with Gasteiger partial charge in [0.15, 0.2) is 0 Å². The Balaban J connectivity index is 1.30. The highest BCUT2D eigenvalue weighted by Crippen LogP contribution is 2.22. The Kier molecular flexibility index (Phi) is 8.69. The molecule has 0 saturated carbocycles. The molecule has 0 N–H and O–H groups in total. The highest BCUT2D eigenvalue weighted by atomic mass is 16.5. The minimum atomic E-state index is 0.131. The zero-order chi connectivity index (χ0) is 22.6. The van der Waals surface area contributed by atoms with E-state index < -0.39 is 0 Å². The molecule has 0 spiro atoms. The van der Waals surface area contributed by atoms with Crippen molar-refractivity contribution in [3.8, 4) is 16.9 Å². The molecule has 4 aromatic rings. The molecule has 0 heterocycles. The highest BCUT2D eigenvalue weighted by molar-refractivity contribution is 5.63. The number of hydrogen-bond acceptors (Lipinski definition) is 3. The zero-order valence-corrected chi connectivity index (χ0v) is 18.8. The van der Waals surface area contributed by atoms with Crippen molar-refractivity contribution in [3.05, 3.63) is 126 Å². The molecule has 168 valence electrons. The van der Waals surface area contributed by atoms with E-state index in [-0.39, 0.29) is 5.92 Å². The van der Waals surface area contributed by atoms with Crippen LogP contribution >= 0.6 is 0 Å². The normalized spacial score (nSPS) is 10.9. The average Bonchev–Trinajstić information content (AvgIpc) is 2.89. The van der Waals surface area contributed by atoms with Crippen LogP contribution in [0.25, 0.3) is 11.1 Å². The highest BCUT2D eigenvalue weighted by Gasteiger charge is 2.12. The largest absolute Gasteiger partial charge is 0.493 e. The Labute approximate surface area is 196 Å². The molecule has 33 heavy (non-hydrogen) atoms. The van der Waals surface area contributed by atoms with Gasteiger partial charge in [-0.15, -0.1) is 0 Å². The van der Waals surface area contributed by atoms with Crippen molar-refractivity contribution in [2.45, 2.75) is 13.2 Å². The summed E-state index contributed by atoms with van der Waals surface area (Å²) < 4.78 is 18.1. The van der Waals surface area contributed by atoms with Crippen molar-refractivity contribution in [3.63, 3.8) is 0 Å². The first-order valence-corrected chi connectivity index (χ1v) is 11.4. The molecule has 0 radical (unpaired) electrons. The van der Waals surface area contributed by atoms with Gasteiger partial charge in [0, 0.05) is 5.92 Å². The van der Waals surface area contributed by atoms with Crippen molar-refractivity contribution < 1.29 is 14.2 Å². The summed E-state index contributed by atoms with van der Waals surface area (Å²) in [6, 6.07) is 39.0. The van der Waals surface area contributed by atoms with Gasteiger partial charge in [0.25, 0.3) is 0 Å². The van der Waals surface area contributed by atoms with Crippen molar-refractivity contribution >= 4 is 0 Å². The van der Waals surface area contributed by atoms with Crippen LogP contribution in [0.15, 0.2) is 115 Å². The van der Waals surface area contributed by atoms with Crippen LogP contribution in [-0.4, -0.2) is 19.8 Å². The molecule has 0 saturated heterocycles. The van der Waals surface area contributed by atoms with Crippen LogP contribution in [0.2, 0.25) is 0 Å². The van der Waals surface area contributed by atoms with Gasteiger partial charge in [0.1, 0.15) is 5.75 Å². The van der Waals surface area contributed by atoms with Gasteiger partial charge in [0.2, 0.25) is 0 Å². The smallest absolute Gasteiger partial charge is 0.119 e. The third-order valence-corrected chi connectivity index (χ3v) is 5.38. The average molecular weight is 439 g/mol. The third-order valence-electron chi connectivity index (χ3n) is 5.38. The van der Waals surface area contributed by atoms with Gasteiger partial charge in [-0.2, -0.15) is 0 Å². The van der Waals surface area contributed by atoms with Crippen LogP contribution in [0.4, 0.5) is 0 Å². The van der Waals surface area contributed by atoms with E-state index in [9.17, 15) is 0 Å². The van der Waals surface area contributed by atoms with E-state index >= 15 is 0 Å². The molecule has 0 amide bonds. The quantitative estimate of drug-likeness (QED) is 0.244. The molecule has 0 fully saturated rings. The Morgan fingerprint density at radius 3 is 1.42 bits per heavy atom. The van der Waals surface area contributed by atoms with Crippen LogP contribution in [0.5, 0.6) is 5.75 Å². The van der Waals surface area contributed by atoms with E-state index in [1.807, 2.05) is 54.6 Å². The van der Waals surface area contributed by atoms with Gasteiger partial charge in [0.05, 0.1) is 33.0 Å². The van der Waals surface area contributed by atoms with E-state index in [1.54, 1.807) is 0 Å². The maximum Gasteiger partial charge on any atom is 0.119 e. The molecule has 3 nitrogen and oxygen atoms in total. The molecule has 0 aromatic heterocycles. The summed E-state index contributed by atoms with van der Waals surface area (Å²) in [6.07, 6.45) is 0. The topological polar surface area (TPSA) is 27.7 Å². The van der Waals surface area contributed by atoms with Crippen LogP contribution in [0.1, 0.15) is 11.1 Å². The Morgan fingerprint density at radius 2 is 0.909 bits per heavy atom. The van der Waals surface area contributed by atoms with Crippen molar-refractivity contribution in [2.75, 3.05) is 19.8 Å². The molecule has 4 rings (SSSR count). The summed E-state index contributed by atoms with van der Waals surface area (Å²) in [5.41, 5.74) is 4.71. The molecule has 0 bridgehead atoms. The number of hydrogen-bond donors (Lipinski definition) is 0. The van der Waals surface area contributed by atoms with Crippen LogP contribution in [-0.2, 0) is 22.7 Å². The Hall–Kier alpha value is -3.40. The van der Waals surface area contributed by atoms with Gasteiger partial charge in [-0.05, 0) is 34.4 Å². The first-order chi connectivity index (χ1) is 16.4. The number of benzene rings is 4. The third kappa shape index (κ3) is 7.60. The minimum Gasteiger partial charge on any atom is -0.493 e. The summed E-state index contributed by atoms with van der Waals surface area (Å²) in [5, 5.41) is 0. The lowest BCUT2D eigenvalue weighted by Gasteiger charge is -2.18. The monoisotopic (exact) mass is 438 g/mol. The van der Waals surface area contributed by atoms with E-state index in [2.05, 4.69) is 60.7 Å². The van der Waals surface area contributed by atoms with Crippen molar-refractivity contribution in [1.29, 1.82) is 0 Å². The second kappa shape index (κ2) is 12.6. The predicted octanol–water partition coefficient (Wildman–Crippen LogP) is 6.78. The molecular weight excluding hydrogens is 408 g/mol. The molecule has 0 atom stereocenters. The van der Waals surface area contributed by atoms with Crippen molar-refractivity contribution in [1.82, 2.24) is 0 Å². The maximum absolute atomic E-state index is 6.10. The predicted molar refractivity (Wildman–Crippen MR) is 133 cm³/mol. The lowest BCUT2D eigenvalue weighted by molar-refractivity contribution is 0.00977. The molecule has 4 aromatic carbocycles. The molecule has 0 aliphatic rings. The molecule has 3 heteroatoms. The summed E-state index contributed by atoms with van der Waals surface area (Å²) in [7, 11) is 0. The fourth-order valence-corrected chi connectivity index (χ4v) is 3.57. The van der Waals surface area contributed by atoms with E-state index in [0.29, 0.717) is 33.0 Å². The first-order valence-electron chi connectivity index (χ1n) is 11.4. The first kappa shape index (κ1) is 22.8. The van der Waals surface area contributed by atoms with E-state index in [0.717, 1.165) is 5.75 Å². The van der Waals surface area contributed by atoms with Gasteiger partial charge in [-0.1, -0.05) is 103 Å². The Morgan fingerprint density at radius 1 is 0.455 bits per heavy atom. The zero-order valence-electron chi connectivity index (χ0n) is 18.8.